The summed E-state index contributed by atoms with van der Waals surface area (Å²) >= 11 is 0. The third-order valence-corrected chi connectivity index (χ3v) is 2.80. The predicted octanol–water partition coefficient (Wildman–Crippen LogP) is 0.0727. The van der Waals surface area contributed by atoms with Gasteiger partial charge in [0, 0.05) is 19.4 Å². The molecule has 0 aromatic carbocycles. The maximum atomic E-state index is 9.19. The second-order valence-corrected chi connectivity index (χ2v) is 3.94. The molecule has 0 spiro atoms. The highest BCUT2D eigenvalue weighted by atomic mass is 16.3. The average molecular weight is 211 g/mol. The summed E-state index contributed by atoms with van der Waals surface area (Å²) in [7, 11) is 0. The Morgan fingerprint density at radius 2 is 2.27 bits per heavy atom. The zero-order chi connectivity index (χ0) is 10.7. The van der Waals surface area contributed by atoms with Crippen LogP contribution < -0.4 is 0 Å². The molecule has 84 valence electrons. The number of hydrogen-bond donors (Lipinski definition) is 2. The van der Waals surface area contributed by atoms with Crippen molar-refractivity contribution in [1.82, 2.24) is 14.8 Å². The number of rotatable bonds is 4. The summed E-state index contributed by atoms with van der Waals surface area (Å²) in [6, 6.07) is 0.101. The topological polar surface area (TPSA) is 71.2 Å². The number of aromatic nitrogens is 3. The van der Waals surface area contributed by atoms with E-state index in [0.29, 0.717) is 12.8 Å². The van der Waals surface area contributed by atoms with Crippen molar-refractivity contribution in [1.29, 1.82) is 0 Å². The van der Waals surface area contributed by atoms with E-state index in [-0.39, 0.29) is 19.3 Å². The Bertz CT molecular complexity index is 324. The molecule has 1 aliphatic heterocycles. The minimum absolute atomic E-state index is 0.101. The van der Waals surface area contributed by atoms with E-state index in [1.807, 2.05) is 4.68 Å². The second kappa shape index (κ2) is 4.72. The van der Waals surface area contributed by atoms with Crippen molar-refractivity contribution in [3.63, 3.8) is 0 Å². The quantitative estimate of drug-likeness (QED) is 0.739. The molecule has 1 aromatic heterocycles. The first-order chi connectivity index (χ1) is 7.35. The van der Waals surface area contributed by atoms with E-state index in [2.05, 4.69) is 10.1 Å². The van der Waals surface area contributed by atoms with Crippen LogP contribution in [0.25, 0.3) is 0 Å². The predicted molar refractivity (Wildman–Crippen MR) is 54.5 cm³/mol. The van der Waals surface area contributed by atoms with Gasteiger partial charge in [-0.05, 0) is 19.3 Å². The van der Waals surface area contributed by atoms with Gasteiger partial charge < -0.3 is 10.2 Å². The average Bonchev–Trinajstić information content (AvgIpc) is 2.68. The van der Waals surface area contributed by atoms with E-state index in [1.165, 1.54) is 0 Å². The SMILES string of the molecule is OCCCc1nc2n(n1)C(CO)CCC2. The molecule has 0 bridgehead atoms. The number of aryl methyl sites for hydroxylation is 2. The van der Waals surface area contributed by atoms with Crippen LogP contribution in [0.3, 0.4) is 0 Å². The van der Waals surface area contributed by atoms with Crippen molar-refractivity contribution in [2.75, 3.05) is 13.2 Å². The minimum atomic E-state index is 0.101. The molecule has 2 heterocycles. The van der Waals surface area contributed by atoms with Crippen LogP contribution in [-0.4, -0.2) is 38.2 Å². The Kier molecular flexibility index (Phi) is 3.33. The molecule has 15 heavy (non-hydrogen) atoms. The van der Waals surface area contributed by atoms with Gasteiger partial charge in [0.15, 0.2) is 5.82 Å². The molecule has 0 saturated carbocycles. The fourth-order valence-corrected chi connectivity index (χ4v) is 2.00. The summed E-state index contributed by atoms with van der Waals surface area (Å²) < 4.78 is 1.86. The molecule has 1 aliphatic rings. The Labute approximate surface area is 88.8 Å². The highest BCUT2D eigenvalue weighted by molar-refractivity contribution is 4.98. The van der Waals surface area contributed by atoms with Crippen LogP contribution in [0.4, 0.5) is 0 Å². The van der Waals surface area contributed by atoms with E-state index in [0.717, 1.165) is 30.9 Å². The molecule has 5 nitrogen and oxygen atoms in total. The first kappa shape index (κ1) is 10.6. The number of hydrogen-bond acceptors (Lipinski definition) is 4. The molecule has 1 atom stereocenters. The van der Waals surface area contributed by atoms with E-state index in [4.69, 9.17) is 5.11 Å². The van der Waals surface area contributed by atoms with Crippen molar-refractivity contribution >= 4 is 0 Å². The maximum Gasteiger partial charge on any atom is 0.151 e. The smallest absolute Gasteiger partial charge is 0.151 e. The maximum absolute atomic E-state index is 9.19. The van der Waals surface area contributed by atoms with E-state index >= 15 is 0 Å². The van der Waals surface area contributed by atoms with Gasteiger partial charge in [-0.15, -0.1) is 0 Å². The van der Waals surface area contributed by atoms with Crippen LogP contribution in [0.1, 0.15) is 37.0 Å². The van der Waals surface area contributed by atoms with Gasteiger partial charge in [0.25, 0.3) is 0 Å². The van der Waals surface area contributed by atoms with Gasteiger partial charge in [0.05, 0.1) is 12.6 Å². The Balaban J connectivity index is 2.14. The first-order valence-electron chi connectivity index (χ1n) is 5.51. The highest BCUT2D eigenvalue weighted by Gasteiger charge is 2.21. The number of aliphatic hydroxyl groups excluding tert-OH is 2. The lowest BCUT2D eigenvalue weighted by atomic mass is 10.1. The van der Waals surface area contributed by atoms with E-state index < -0.39 is 0 Å². The monoisotopic (exact) mass is 211 g/mol. The largest absolute Gasteiger partial charge is 0.396 e. The molecule has 1 unspecified atom stereocenters. The normalized spacial score (nSPS) is 20.3. The van der Waals surface area contributed by atoms with Crippen LogP contribution >= 0.6 is 0 Å². The van der Waals surface area contributed by atoms with Gasteiger partial charge in [-0.2, -0.15) is 5.10 Å². The van der Waals surface area contributed by atoms with Crippen molar-refractivity contribution in [2.45, 2.75) is 38.1 Å². The zero-order valence-corrected chi connectivity index (χ0v) is 8.76. The van der Waals surface area contributed by atoms with Gasteiger partial charge in [0.2, 0.25) is 0 Å². The van der Waals surface area contributed by atoms with Gasteiger partial charge in [0.1, 0.15) is 5.82 Å². The van der Waals surface area contributed by atoms with Crippen LogP contribution in [0, 0.1) is 0 Å². The van der Waals surface area contributed by atoms with Crippen molar-refractivity contribution < 1.29 is 10.2 Å². The van der Waals surface area contributed by atoms with Crippen molar-refractivity contribution in [3.8, 4) is 0 Å². The molecule has 2 rings (SSSR count). The Morgan fingerprint density at radius 1 is 1.40 bits per heavy atom. The fraction of sp³-hybridized carbons (Fsp3) is 0.800. The summed E-state index contributed by atoms with van der Waals surface area (Å²) in [5.41, 5.74) is 0. The summed E-state index contributed by atoms with van der Waals surface area (Å²) in [4.78, 5) is 4.42. The molecule has 0 saturated heterocycles. The Hall–Kier alpha value is -0.940. The lowest BCUT2D eigenvalue weighted by molar-refractivity contribution is 0.194. The van der Waals surface area contributed by atoms with Crippen LogP contribution in [0.2, 0.25) is 0 Å². The standard InChI is InChI=1S/C10H17N3O2/c14-6-2-4-9-11-10-5-1-3-8(7-15)13(10)12-9/h8,14-15H,1-7H2. The third kappa shape index (κ3) is 2.18. The summed E-state index contributed by atoms with van der Waals surface area (Å²) in [5.74, 6) is 1.77. The lowest BCUT2D eigenvalue weighted by Crippen LogP contribution is -2.22. The molecule has 5 heteroatoms. The number of aliphatic hydroxyl groups is 2. The summed E-state index contributed by atoms with van der Waals surface area (Å²) in [5, 5.41) is 22.3. The highest BCUT2D eigenvalue weighted by Crippen LogP contribution is 2.22. The van der Waals surface area contributed by atoms with Crippen LogP contribution in [-0.2, 0) is 12.8 Å². The van der Waals surface area contributed by atoms with Gasteiger partial charge in [-0.3, -0.25) is 0 Å². The minimum Gasteiger partial charge on any atom is -0.396 e. The zero-order valence-electron chi connectivity index (χ0n) is 8.76. The molecule has 2 N–H and O–H groups in total. The van der Waals surface area contributed by atoms with Crippen LogP contribution in [0.15, 0.2) is 0 Å². The summed E-state index contributed by atoms with van der Waals surface area (Å²) in [6.07, 6.45) is 4.42. The van der Waals surface area contributed by atoms with Gasteiger partial charge in [-0.1, -0.05) is 0 Å². The number of fused-ring (bicyclic) bond motifs is 1. The molecule has 0 fully saturated rings. The molecule has 0 amide bonds. The Morgan fingerprint density at radius 3 is 3.00 bits per heavy atom. The van der Waals surface area contributed by atoms with Crippen LogP contribution in [0.5, 0.6) is 0 Å². The third-order valence-electron chi connectivity index (χ3n) is 2.80. The van der Waals surface area contributed by atoms with Crippen molar-refractivity contribution in [3.05, 3.63) is 11.6 Å². The summed E-state index contributed by atoms with van der Waals surface area (Å²) in [6.45, 7) is 0.309. The van der Waals surface area contributed by atoms with E-state index in [9.17, 15) is 5.11 Å². The fourth-order valence-electron chi connectivity index (χ4n) is 2.00. The molecule has 0 aliphatic carbocycles. The van der Waals surface area contributed by atoms with Gasteiger partial charge >= 0.3 is 0 Å². The molecular weight excluding hydrogens is 194 g/mol. The number of nitrogens with zero attached hydrogens (tertiary/aromatic N) is 3. The lowest BCUT2D eigenvalue weighted by Gasteiger charge is -2.20. The van der Waals surface area contributed by atoms with Crippen molar-refractivity contribution in [2.24, 2.45) is 0 Å². The molecular formula is C10H17N3O2. The molecule has 1 aromatic rings. The van der Waals surface area contributed by atoms with Gasteiger partial charge in [-0.25, -0.2) is 9.67 Å². The second-order valence-electron chi connectivity index (χ2n) is 3.94. The molecule has 0 radical (unpaired) electrons. The van der Waals surface area contributed by atoms with E-state index in [1.54, 1.807) is 0 Å². The first-order valence-corrected chi connectivity index (χ1v) is 5.51.